The Balaban J connectivity index is 1.39. The number of carbonyl (C=O) groups is 1. The second-order valence-electron chi connectivity index (χ2n) is 7.42. The number of hydrogen-bond donors (Lipinski definition) is 1. The molecule has 0 aliphatic carbocycles. The van der Waals surface area contributed by atoms with Crippen molar-refractivity contribution in [3.8, 4) is 22.6 Å². The maximum Gasteiger partial charge on any atom is 0.344 e. The molecule has 0 spiro atoms. The zero-order valence-electron chi connectivity index (χ0n) is 17.8. The van der Waals surface area contributed by atoms with Crippen molar-refractivity contribution in [1.29, 1.82) is 0 Å². The smallest absolute Gasteiger partial charge is 0.344 e. The molecule has 4 aromatic rings. The Kier molecular flexibility index (Phi) is 6.26. The summed E-state index contributed by atoms with van der Waals surface area (Å²) in [7, 11) is 1.58. The van der Waals surface area contributed by atoms with Crippen LogP contribution < -0.4 is 20.4 Å². The number of ether oxygens (including phenoxy) is 2. The summed E-state index contributed by atoms with van der Waals surface area (Å²) in [5, 5.41) is 3.64. The molecule has 4 rings (SSSR count). The molecule has 1 N–H and O–H groups in total. The standard InChI is InChI=1S/C25H23NO6/c1-16(12-21-4-3-11-30-21)26-24(27)15-31-19-7-5-17(6-8-19)22-14-18-13-20(29-2)9-10-23(18)32-25(22)28/h3-11,13-14,16H,12,15H2,1-2H3,(H,26,27)/t16-/m0/s1. The van der Waals surface area contributed by atoms with Crippen LogP contribution in [0.1, 0.15) is 12.7 Å². The minimum atomic E-state index is -0.429. The van der Waals surface area contributed by atoms with Crippen molar-refractivity contribution in [3.05, 3.63) is 83.1 Å². The maximum absolute atomic E-state index is 12.4. The van der Waals surface area contributed by atoms with Crippen molar-refractivity contribution in [2.45, 2.75) is 19.4 Å². The molecule has 2 aromatic carbocycles. The van der Waals surface area contributed by atoms with Gasteiger partial charge in [-0.05, 0) is 61.0 Å². The van der Waals surface area contributed by atoms with Gasteiger partial charge in [0.2, 0.25) is 0 Å². The summed E-state index contributed by atoms with van der Waals surface area (Å²) in [6, 6.07) is 17.6. The Bertz CT molecular complexity index is 1260. The second-order valence-corrected chi connectivity index (χ2v) is 7.42. The first-order valence-corrected chi connectivity index (χ1v) is 10.2. The van der Waals surface area contributed by atoms with Gasteiger partial charge in [0.1, 0.15) is 22.8 Å². The zero-order valence-corrected chi connectivity index (χ0v) is 17.8. The molecule has 2 heterocycles. The monoisotopic (exact) mass is 433 g/mol. The third-order valence-corrected chi connectivity index (χ3v) is 4.97. The predicted molar refractivity (Wildman–Crippen MR) is 120 cm³/mol. The van der Waals surface area contributed by atoms with Gasteiger partial charge >= 0.3 is 5.63 Å². The molecular formula is C25H23NO6. The summed E-state index contributed by atoms with van der Waals surface area (Å²) in [6.45, 7) is 1.79. The number of methoxy groups -OCH3 is 1. The molecule has 0 saturated carbocycles. The molecule has 32 heavy (non-hydrogen) atoms. The van der Waals surface area contributed by atoms with Crippen molar-refractivity contribution < 1.29 is 23.1 Å². The average Bonchev–Trinajstić information content (AvgIpc) is 3.30. The normalized spacial score (nSPS) is 11.8. The lowest BCUT2D eigenvalue weighted by Gasteiger charge is -2.13. The van der Waals surface area contributed by atoms with E-state index in [4.69, 9.17) is 18.3 Å². The molecule has 0 aliphatic heterocycles. The van der Waals surface area contributed by atoms with Crippen molar-refractivity contribution in [3.63, 3.8) is 0 Å². The average molecular weight is 433 g/mol. The van der Waals surface area contributed by atoms with E-state index in [-0.39, 0.29) is 18.6 Å². The second kappa shape index (κ2) is 9.43. The highest BCUT2D eigenvalue weighted by molar-refractivity contribution is 5.83. The number of hydrogen-bond acceptors (Lipinski definition) is 6. The van der Waals surface area contributed by atoms with Crippen LogP contribution >= 0.6 is 0 Å². The molecule has 1 amide bonds. The molecule has 2 aromatic heterocycles. The molecule has 0 fully saturated rings. The molecule has 1 atom stereocenters. The van der Waals surface area contributed by atoms with Crippen molar-refractivity contribution in [2.24, 2.45) is 0 Å². The Morgan fingerprint density at radius 3 is 2.56 bits per heavy atom. The summed E-state index contributed by atoms with van der Waals surface area (Å²) in [5.74, 6) is 1.79. The van der Waals surface area contributed by atoms with E-state index in [0.29, 0.717) is 34.6 Å². The van der Waals surface area contributed by atoms with Gasteiger partial charge in [0, 0.05) is 17.8 Å². The topological polar surface area (TPSA) is 90.9 Å². The van der Waals surface area contributed by atoms with Crippen LogP contribution in [0.5, 0.6) is 11.5 Å². The number of carbonyl (C=O) groups excluding carboxylic acids is 1. The fourth-order valence-corrected chi connectivity index (χ4v) is 3.41. The quantitative estimate of drug-likeness (QED) is 0.419. The highest BCUT2D eigenvalue weighted by atomic mass is 16.5. The number of furan rings is 1. The van der Waals surface area contributed by atoms with Gasteiger partial charge in [-0.25, -0.2) is 4.79 Å². The Morgan fingerprint density at radius 2 is 1.84 bits per heavy atom. The first kappa shape index (κ1) is 21.2. The summed E-state index contributed by atoms with van der Waals surface area (Å²) >= 11 is 0. The van der Waals surface area contributed by atoms with E-state index >= 15 is 0 Å². The molecule has 0 unspecified atom stereocenters. The number of nitrogens with one attached hydrogen (secondary N) is 1. The molecule has 0 radical (unpaired) electrons. The first-order valence-electron chi connectivity index (χ1n) is 10.2. The van der Waals surface area contributed by atoms with Gasteiger partial charge in [0.05, 0.1) is 18.9 Å². The van der Waals surface area contributed by atoms with Gasteiger partial charge in [0.25, 0.3) is 5.91 Å². The maximum atomic E-state index is 12.4. The Morgan fingerprint density at radius 1 is 1.06 bits per heavy atom. The molecule has 7 nitrogen and oxygen atoms in total. The van der Waals surface area contributed by atoms with E-state index in [1.54, 1.807) is 55.8 Å². The van der Waals surface area contributed by atoms with Gasteiger partial charge in [-0.2, -0.15) is 0 Å². The van der Waals surface area contributed by atoms with Crippen LogP contribution in [0.2, 0.25) is 0 Å². The van der Waals surface area contributed by atoms with Gasteiger partial charge in [0.15, 0.2) is 6.61 Å². The van der Waals surface area contributed by atoms with E-state index < -0.39 is 5.63 Å². The van der Waals surface area contributed by atoms with E-state index in [2.05, 4.69) is 5.32 Å². The van der Waals surface area contributed by atoms with Crippen LogP contribution in [0, 0.1) is 0 Å². The molecular weight excluding hydrogens is 410 g/mol. The lowest BCUT2D eigenvalue weighted by atomic mass is 10.1. The van der Waals surface area contributed by atoms with Crippen LogP contribution in [-0.2, 0) is 11.2 Å². The highest BCUT2D eigenvalue weighted by Gasteiger charge is 2.12. The summed E-state index contributed by atoms with van der Waals surface area (Å²) in [4.78, 5) is 24.6. The lowest BCUT2D eigenvalue weighted by Crippen LogP contribution is -2.37. The van der Waals surface area contributed by atoms with Crippen LogP contribution in [0.25, 0.3) is 22.1 Å². The van der Waals surface area contributed by atoms with Crippen molar-refractivity contribution in [1.82, 2.24) is 5.32 Å². The van der Waals surface area contributed by atoms with Gasteiger partial charge in [-0.3, -0.25) is 4.79 Å². The van der Waals surface area contributed by atoms with Gasteiger partial charge < -0.3 is 23.6 Å². The summed E-state index contributed by atoms with van der Waals surface area (Å²) < 4.78 is 21.5. The lowest BCUT2D eigenvalue weighted by molar-refractivity contribution is -0.123. The third kappa shape index (κ3) is 5.00. The van der Waals surface area contributed by atoms with Crippen LogP contribution in [0.3, 0.4) is 0 Å². The number of fused-ring (bicyclic) bond motifs is 1. The minimum Gasteiger partial charge on any atom is -0.497 e. The Hall–Kier alpha value is -4.00. The fourth-order valence-electron chi connectivity index (χ4n) is 3.41. The van der Waals surface area contributed by atoms with Crippen molar-refractivity contribution in [2.75, 3.05) is 13.7 Å². The van der Waals surface area contributed by atoms with E-state index in [0.717, 1.165) is 11.1 Å². The van der Waals surface area contributed by atoms with E-state index in [9.17, 15) is 9.59 Å². The third-order valence-electron chi connectivity index (χ3n) is 4.97. The molecule has 0 saturated heterocycles. The first-order chi connectivity index (χ1) is 15.5. The number of amides is 1. The van der Waals surface area contributed by atoms with E-state index in [1.165, 1.54) is 0 Å². The molecule has 7 heteroatoms. The molecule has 0 bridgehead atoms. The minimum absolute atomic E-state index is 0.0784. The SMILES string of the molecule is COc1ccc2oc(=O)c(-c3ccc(OCC(=O)N[C@@H](C)Cc4ccco4)cc3)cc2c1. The van der Waals surface area contributed by atoms with Crippen molar-refractivity contribution >= 4 is 16.9 Å². The van der Waals surface area contributed by atoms with E-state index in [1.807, 2.05) is 25.1 Å². The zero-order chi connectivity index (χ0) is 22.5. The molecule has 164 valence electrons. The largest absolute Gasteiger partial charge is 0.497 e. The number of rotatable bonds is 8. The fraction of sp³-hybridized carbons (Fsp3) is 0.200. The summed E-state index contributed by atoms with van der Waals surface area (Å²) in [5.41, 5.74) is 1.18. The van der Waals surface area contributed by atoms with Gasteiger partial charge in [-0.15, -0.1) is 0 Å². The Labute approximate surface area is 184 Å². The van der Waals surface area contributed by atoms with Gasteiger partial charge in [-0.1, -0.05) is 12.1 Å². The summed E-state index contributed by atoms with van der Waals surface area (Å²) in [6.07, 6.45) is 2.21. The van der Waals surface area contributed by atoms with Crippen LogP contribution in [-0.4, -0.2) is 25.7 Å². The molecule has 0 aliphatic rings. The van der Waals surface area contributed by atoms with Crippen LogP contribution in [0.15, 0.2) is 80.6 Å². The highest BCUT2D eigenvalue weighted by Crippen LogP contribution is 2.25. The number of benzene rings is 2. The van der Waals surface area contributed by atoms with Crippen LogP contribution in [0.4, 0.5) is 0 Å². The predicted octanol–water partition coefficient (Wildman–Crippen LogP) is 4.19.